The van der Waals surface area contributed by atoms with Crippen LogP contribution in [0.5, 0.6) is 0 Å². The topological polar surface area (TPSA) is 82.5 Å². The van der Waals surface area contributed by atoms with Gasteiger partial charge in [0, 0.05) is 25.0 Å². The predicted molar refractivity (Wildman–Crippen MR) is 63.9 cm³/mol. The first-order valence-corrected chi connectivity index (χ1v) is 5.77. The first-order valence-electron chi connectivity index (χ1n) is 5.77. The van der Waals surface area contributed by atoms with Crippen LogP contribution in [0.15, 0.2) is 24.5 Å². The highest BCUT2D eigenvalue weighted by atomic mass is 16.4. The second-order valence-corrected chi connectivity index (χ2v) is 4.39. The van der Waals surface area contributed by atoms with Gasteiger partial charge in [0.15, 0.2) is 0 Å². The van der Waals surface area contributed by atoms with Crippen molar-refractivity contribution in [3.63, 3.8) is 0 Å². The molecule has 0 saturated carbocycles. The Kier molecular flexibility index (Phi) is 3.45. The molecule has 2 N–H and O–H groups in total. The van der Waals surface area contributed by atoms with E-state index in [2.05, 4.69) is 10.3 Å². The van der Waals surface area contributed by atoms with Crippen molar-refractivity contribution in [3.05, 3.63) is 30.1 Å². The number of urea groups is 1. The van der Waals surface area contributed by atoms with Crippen molar-refractivity contribution in [1.29, 1.82) is 0 Å². The molecule has 2 unspecified atom stereocenters. The van der Waals surface area contributed by atoms with E-state index in [1.807, 2.05) is 12.1 Å². The van der Waals surface area contributed by atoms with Crippen LogP contribution in [0, 0.1) is 0 Å². The number of aromatic nitrogens is 1. The van der Waals surface area contributed by atoms with Gasteiger partial charge in [0.05, 0.1) is 12.5 Å². The van der Waals surface area contributed by atoms with Gasteiger partial charge < -0.3 is 15.3 Å². The second kappa shape index (κ2) is 5.03. The summed E-state index contributed by atoms with van der Waals surface area (Å²) >= 11 is 0. The van der Waals surface area contributed by atoms with E-state index in [1.165, 1.54) is 0 Å². The third-order valence-corrected chi connectivity index (χ3v) is 3.03. The molecular weight excluding hydrogens is 234 g/mol. The third-order valence-electron chi connectivity index (χ3n) is 3.03. The van der Waals surface area contributed by atoms with Gasteiger partial charge in [0.1, 0.15) is 0 Å². The molecule has 2 amide bonds. The minimum atomic E-state index is -0.903. The smallest absolute Gasteiger partial charge is 0.318 e. The number of carbonyl (C=O) groups excluding carboxylic acids is 1. The first-order chi connectivity index (χ1) is 8.58. The first kappa shape index (κ1) is 12.3. The maximum Gasteiger partial charge on any atom is 0.318 e. The van der Waals surface area contributed by atoms with Crippen molar-refractivity contribution in [3.8, 4) is 0 Å². The zero-order chi connectivity index (χ0) is 13.1. The summed E-state index contributed by atoms with van der Waals surface area (Å²) in [6.45, 7) is 2.21. The van der Waals surface area contributed by atoms with Gasteiger partial charge in [-0.3, -0.25) is 9.78 Å². The molecule has 0 spiro atoms. The normalized spacial score (nSPS) is 20.6. The maximum absolute atomic E-state index is 11.8. The molecule has 2 atom stereocenters. The molecule has 18 heavy (non-hydrogen) atoms. The van der Waals surface area contributed by atoms with Crippen LogP contribution in [-0.2, 0) is 4.79 Å². The van der Waals surface area contributed by atoms with Crippen molar-refractivity contribution in [1.82, 2.24) is 15.2 Å². The lowest BCUT2D eigenvalue weighted by Gasteiger charge is -2.21. The fourth-order valence-electron chi connectivity index (χ4n) is 2.07. The van der Waals surface area contributed by atoms with E-state index in [-0.39, 0.29) is 24.5 Å². The number of hydrogen-bond acceptors (Lipinski definition) is 3. The summed E-state index contributed by atoms with van der Waals surface area (Å²) in [4.78, 5) is 28.0. The van der Waals surface area contributed by atoms with Crippen LogP contribution in [0.3, 0.4) is 0 Å². The molecule has 1 aliphatic heterocycles. The molecule has 0 aliphatic carbocycles. The quantitative estimate of drug-likeness (QED) is 0.834. The van der Waals surface area contributed by atoms with E-state index in [0.717, 1.165) is 5.56 Å². The lowest BCUT2D eigenvalue weighted by molar-refractivity contribution is -0.137. The zero-order valence-electron chi connectivity index (χ0n) is 10.0. The van der Waals surface area contributed by atoms with Crippen LogP contribution in [0.25, 0.3) is 0 Å². The van der Waals surface area contributed by atoms with Gasteiger partial charge in [-0.05, 0) is 18.6 Å². The lowest BCUT2D eigenvalue weighted by Crippen LogP contribution is -2.37. The fourth-order valence-corrected chi connectivity index (χ4v) is 2.07. The molecule has 1 aromatic rings. The molecule has 0 aromatic carbocycles. The maximum atomic E-state index is 11.8. The molecule has 2 rings (SSSR count). The number of carbonyl (C=O) groups is 2. The van der Waals surface area contributed by atoms with Gasteiger partial charge in [-0.15, -0.1) is 0 Å². The zero-order valence-corrected chi connectivity index (χ0v) is 10.0. The highest BCUT2D eigenvalue weighted by Crippen LogP contribution is 2.21. The minimum absolute atomic E-state index is 0.0484. The number of carboxylic acid groups (broad SMARTS) is 1. The van der Waals surface area contributed by atoms with E-state index in [1.54, 1.807) is 24.2 Å². The number of pyridine rings is 1. The number of hydrogen-bond donors (Lipinski definition) is 2. The SMILES string of the molecule is CC(CC(=O)O)N1CC(c2cccnc2)NC1=O. The Balaban J connectivity index is 2.05. The summed E-state index contributed by atoms with van der Waals surface area (Å²) in [5.74, 6) is -0.903. The Morgan fingerprint density at radius 1 is 1.72 bits per heavy atom. The minimum Gasteiger partial charge on any atom is -0.481 e. The van der Waals surface area contributed by atoms with Crippen molar-refractivity contribution in [2.45, 2.75) is 25.4 Å². The van der Waals surface area contributed by atoms with Gasteiger partial charge in [-0.2, -0.15) is 0 Å². The van der Waals surface area contributed by atoms with Crippen molar-refractivity contribution < 1.29 is 14.7 Å². The predicted octanol–water partition coefficient (Wildman–Crippen LogP) is 1.01. The molecule has 1 aliphatic rings. The Hall–Kier alpha value is -2.11. The fraction of sp³-hybridized carbons (Fsp3) is 0.417. The number of nitrogens with one attached hydrogen (secondary N) is 1. The van der Waals surface area contributed by atoms with Gasteiger partial charge in [0.25, 0.3) is 0 Å². The van der Waals surface area contributed by atoms with Gasteiger partial charge >= 0.3 is 12.0 Å². The molecular formula is C12H15N3O3. The van der Waals surface area contributed by atoms with E-state index in [4.69, 9.17) is 5.11 Å². The van der Waals surface area contributed by atoms with Crippen molar-refractivity contribution in [2.24, 2.45) is 0 Å². The van der Waals surface area contributed by atoms with Crippen LogP contribution < -0.4 is 5.32 Å². The molecule has 6 heteroatoms. The molecule has 1 aromatic heterocycles. The summed E-state index contributed by atoms with van der Waals surface area (Å²) in [5, 5.41) is 11.6. The Bertz CT molecular complexity index is 449. The molecule has 1 saturated heterocycles. The average molecular weight is 249 g/mol. The van der Waals surface area contributed by atoms with Gasteiger partial charge in [-0.25, -0.2) is 4.79 Å². The number of aliphatic carboxylic acids is 1. The van der Waals surface area contributed by atoms with Gasteiger partial charge in [-0.1, -0.05) is 6.07 Å². The lowest BCUT2D eigenvalue weighted by atomic mass is 10.1. The number of nitrogens with zero attached hydrogens (tertiary/aromatic N) is 2. The van der Waals surface area contributed by atoms with Crippen LogP contribution in [0.4, 0.5) is 4.79 Å². The molecule has 0 radical (unpaired) electrons. The number of carboxylic acids is 1. The Morgan fingerprint density at radius 2 is 2.50 bits per heavy atom. The molecule has 0 bridgehead atoms. The standard InChI is InChI=1S/C12H15N3O3/c1-8(5-11(16)17)15-7-10(14-12(15)18)9-3-2-4-13-6-9/h2-4,6,8,10H,5,7H2,1H3,(H,14,18)(H,16,17). The van der Waals surface area contributed by atoms with Crippen LogP contribution in [-0.4, -0.2) is 39.6 Å². The summed E-state index contributed by atoms with van der Waals surface area (Å²) in [7, 11) is 0. The summed E-state index contributed by atoms with van der Waals surface area (Å²) < 4.78 is 0. The Morgan fingerprint density at radius 3 is 3.11 bits per heavy atom. The highest BCUT2D eigenvalue weighted by Gasteiger charge is 2.33. The third kappa shape index (κ3) is 2.58. The summed E-state index contributed by atoms with van der Waals surface area (Å²) in [6.07, 6.45) is 3.33. The van der Waals surface area contributed by atoms with E-state index in [0.29, 0.717) is 6.54 Å². The highest BCUT2D eigenvalue weighted by molar-refractivity contribution is 5.78. The van der Waals surface area contributed by atoms with Crippen LogP contribution >= 0.6 is 0 Å². The van der Waals surface area contributed by atoms with Crippen LogP contribution in [0.2, 0.25) is 0 Å². The molecule has 1 fully saturated rings. The van der Waals surface area contributed by atoms with Gasteiger partial charge in [0.2, 0.25) is 0 Å². The monoisotopic (exact) mass is 249 g/mol. The molecule has 2 heterocycles. The summed E-state index contributed by atoms with van der Waals surface area (Å²) in [5.41, 5.74) is 0.927. The van der Waals surface area contributed by atoms with Crippen molar-refractivity contribution in [2.75, 3.05) is 6.54 Å². The largest absolute Gasteiger partial charge is 0.481 e. The average Bonchev–Trinajstić information content (AvgIpc) is 2.72. The molecule has 96 valence electrons. The van der Waals surface area contributed by atoms with E-state index in [9.17, 15) is 9.59 Å². The van der Waals surface area contributed by atoms with E-state index < -0.39 is 5.97 Å². The molecule has 6 nitrogen and oxygen atoms in total. The van der Waals surface area contributed by atoms with E-state index >= 15 is 0 Å². The van der Waals surface area contributed by atoms with Crippen molar-refractivity contribution >= 4 is 12.0 Å². The number of rotatable bonds is 4. The van der Waals surface area contributed by atoms with Crippen LogP contribution in [0.1, 0.15) is 24.9 Å². The Labute approximate surface area is 105 Å². The number of amides is 2. The summed E-state index contributed by atoms with van der Waals surface area (Å²) in [6, 6.07) is 3.04. The second-order valence-electron chi connectivity index (χ2n) is 4.39.